The van der Waals surface area contributed by atoms with E-state index in [0.717, 1.165) is 5.56 Å². The molecule has 1 aromatic rings. The Morgan fingerprint density at radius 2 is 1.64 bits per heavy atom. The molecule has 0 heterocycles. The van der Waals surface area contributed by atoms with Gasteiger partial charge in [0.2, 0.25) is 0 Å². The van der Waals surface area contributed by atoms with Crippen molar-refractivity contribution in [3.63, 3.8) is 0 Å². The van der Waals surface area contributed by atoms with E-state index in [1.807, 2.05) is 26.0 Å². The van der Waals surface area contributed by atoms with Crippen molar-refractivity contribution in [3.05, 3.63) is 35.4 Å². The molecule has 0 bridgehead atoms. The van der Waals surface area contributed by atoms with Crippen LogP contribution >= 0.6 is 0 Å². The van der Waals surface area contributed by atoms with E-state index in [-0.39, 0.29) is 23.5 Å². The van der Waals surface area contributed by atoms with Crippen LogP contribution in [0.15, 0.2) is 24.3 Å². The van der Waals surface area contributed by atoms with Crippen molar-refractivity contribution in [2.45, 2.75) is 40.0 Å². The Kier molecular flexibility index (Phi) is 6.37. The Morgan fingerprint density at radius 3 is 2.14 bits per heavy atom. The van der Waals surface area contributed by atoms with E-state index in [1.165, 1.54) is 0 Å². The van der Waals surface area contributed by atoms with Crippen LogP contribution in [0.2, 0.25) is 0 Å². The topological polar surface area (TPSA) is 71.1 Å². The standard InChI is InChI=1S/C16H22O6/c1-11(2)10-19-15(18)21-22-20-14(17)12-6-8-13(9-7-12)16(3,4)5/h6-9,11H,10H2,1-5H3. The normalized spacial score (nSPS) is 11.2. The van der Waals surface area contributed by atoms with Crippen LogP contribution in [-0.2, 0) is 25.0 Å². The van der Waals surface area contributed by atoms with E-state index in [4.69, 9.17) is 0 Å². The molecule has 0 saturated heterocycles. The fraction of sp³-hybridized carbons (Fsp3) is 0.500. The summed E-state index contributed by atoms with van der Waals surface area (Å²) >= 11 is 0. The minimum atomic E-state index is -1.07. The zero-order valence-electron chi connectivity index (χ0n) is 13.5. The summed E-state index contributed by atoms with van der Waals surface area (Å²) in [4.78, 5) is 31.3. The first-order valence-corrected chi connectivity index (χ1v) is 7.03. The summed E-state index contributed by atoms with van der Waals surface area (Å²) in [5.41, 5.74) is 1.35. The van der Waals surface area contributed by atoms with Gasteiger partial charge in [0.25, 0.3) is 0 Å². The molecular formula is C16H22O6. The zero-order valence-corrected chi connectivity index (χ0v) is 13.5. The van der Waals surface area contributed by atoms with Gasteiger partial charge in [-0.3, -0.25) is 4.89 Å². The van der Waals surface area contributed by atoms with Gasteiger partial charge in [-0.25, -0.2) is 14.5 Å². The quantitative estimate of drug-likeness (QED) is 0.468. The van der Waals surface area contributed by atoms with Crippen LogP contribution in [0.25, 0.3) is 0 Å². The third-order valence-electron chi connectivity index (χ3n) is 2.73. The number of hydrogen-bond donors (Lipinski definition) is 0. The summed E-state index contributed by atoms with van der Waals surface area (Å²) < 4.78 is 4.67. The molecule has 122 valence electrons. The Balaban J connectivity index is 2.41. The average molecular weight is 310 g/mol. The number of ether oxygens (including phenoxy) is 1. The van der Waals surface area contributed by atoms with E-state index in [0.29, 0.717) is 0 Å². The average Bonchev–Trinajstić information content (AvgIpc) is 2.44. The van der Waals surface area contributed by atoms with Gasteiger partial charge in [-0.2, -0.15) is 0 Å². The van der Waals surface area contributed by atoms with Crippen molar-refractivity contribution in [2.24, 2.45) is 5.92 Å². The maximum absolute atomic E-state index is 11.7. The molecule has 1 aromatic carbocycles. The number of carbonyl (C=O) groups excluding carboxylic acids is 2. The van der Waals surface area contributed by atoms with Gasteiger partial charge in [-0.15, -0.1) is 0 Å². The van der Waals surface area contributed by atoms with Gasteiger partial charge in [-0.1, -0.05) is 46.8 Å². The van der Waals surface area contributed by atoms with Crippen molar-refractivity contribution >= 4 is 12.1 Å². The van der Waals surface area contributed by atoms with Crippen LogP contribution in [-0.4, -0.2) is 18.7 Å². The number of rotatable bonds is 5. The third kappa shape index (κ3) is 6.13. The van der Waals surface area contributed by atoms with Crippen molar-refractivity contribution < 1.29 is 29.1 Å². The van der Waals surface area contributed by atoms with Crippen LogP contribution in [0.3, 0.4) is 0 Å². The summed E-state index contributed by atoms with van der Waals surface area (Å²) in [7, 11) is 0. The molecule has 0 N–H and O–H groups in total. The molecule has 1 rings (SSSR count). The molecule has 0 aliphatic rings. The van der Waals surface area contributed by atoms with Gasteiger partial charge < -0.3 is 4.74 Å². The van der Waals surface area contributed by atoms with E-state index in [1.54, 1.807) is 12.1 Å². The minimum absolute atomic E-state index is 0.0117. The smallest absolute Gasteiger partial charge is 0.432 e. The minimum Gasteiger partial charge on any atom is -0.432 e. The molecule has 0 unspecified atom stereocenters. The van der Waals surface area contributed by atoms with Crippen LogP contribution in [0, 0.1) is 5.92 Å². The number of hydrogen-bond acceptors (Lipinski definition) is 6. The third-order valence-corrected chi connectivity index (χ3v) is 2.73. The Hall–Kier alpha value is -2.08. The number of benzene rings is 1. The highest BCUT2D eigenvalue weighted by Gasteiger charge is 2.16. The highest BCUT2D eigenvalue weighted by atomic mass is 17.5. The molecule has 0 amide bonds. The van der Waals surface area contributed by atoms with E-state index < -0.39 is 12.1 Å². The first kappa shape index (κ1) is 18.0. The highest BCUT2D eigenvalue weighted by molar-refractivity contribution is 5.88. The zero-order chi connectivity index (χ0) is 16.8. The molecule has 0 atom stereocenters. The predicted molar refractivity (Wildman–Crippen MR) is 78.9 cm³/mol. The summed E-state index contributed by atoms with van der Waals surface area (Å²) in [6, 6.07) is 6.88. The number of carbonyl (C=O) groups is 2. The molecule has 0 spiro atoms. The summed E-state index contributed by atoms with van der Waals surface area (Å²) in [5, 5.41) is 4.12. The van der Waals surface area contributed by atoms with Crippen molar-refractivity contribution in [1.29, 1.82) is 0 Å². The maximum atomic E-state index is 11.7. The molecule has 6 heteroatoms. The molecular weight excluding hydrogens is 288 g/mol. The largest absolute Gasteiger partial charge is 0.543 e. The molecule has 0 aliphatic carbocycles. The lowest BCUT2D eigenvalue weighted by atomic mass is 9.87. The van der Waals surface area contributed by atoms with Crippen LogP contribution in [0.5, 0.6) is 0 Å². The Labute approximate surface area is 130 Å². The molecule has 0 fully saturated rings. The fourth-order valence-electron chi connectivity index (χ4n) is 1.49. The SMILES string of the molecule is CC(C)COC(=O)OOOC(=O)c1ccc(C(C)(C)C)cc1. The predicted octanol–water partition coefficient (Wildman–Crippen LogP) is 3.80. The van der Waals surface area contributed by atoms with Gasteiger partial charge in [0.1, 0.15) is 0 Å². The summed E-state index contributed by atoms with van der Waals surface area (Å²) in [6.07, 6.45) is -1.07. The fourth-order valence-corrected chi connectivity index (χ4v) is 1.49. The van der Waals surface area contributed by atoms with Crippen molar-refractivity contribution in [1.82, 2.24) is 0 Å². The van der Waals surface area contributed by atoms with Crippen molar-refractivity contribution in [3.8, 4) is 0 Å². The lowest BCUT2D eigenvalue weighted by Crippen LogP contribution is -2.15. The second-order valence-corrected chi connectivity index (χ2v) is 6.30. The Bertz CT molecular complexity index is 498. The van der Waals surface area contributed by atoms with Crippen LogP contribution < -0.4 is 0 Å². The van der Waals surface area contributed by atoms with Gasteiger partial charge in [-0.05, 0) is 29.0 Å². The highest BCUT2D eigenvalue weighted by Crippen LogP contribution is 2.22. The van der Waals surface area contributed by atoms with E-state index in [9.17, 15) is 9.59 Å². The van der Waals surface area contributed by atoms with Crippen LogP contribution in [0.4, 0.5) is 4.79 Å². The summed E-state index contributed by atoms with van der Waals surface area (Å²) in [6.45, 7) is 10.1. The van der Waals surface area contributed by atoms with Gasteiger partial charge in [0.15, 0.2) is 0 Å². The first-order valence-electron chi connectivity index (χ1n) is 7.03. The first-order chi connectivity index (χ1) is 10.2. The summed E-state index contributed by atoms with van der Waals surface area (Å²) in [5.74, 6) is -0.603. The monoisotopic (exact) mass is 310 g/mol. The second-order valence-electron chi connectivity index (χ2n) is 6.30. The second kappa shape index (κ2) is 7.79. The van der Waals surface area contributed by atoms with Gasteiger partial charge in [0.05, 0.1) is 17.2 Å². The molecule has 0 aliphatic heterocycles. The van der Waals surface area contributed by atoms with Crippen LogP contribution in [0.1, 0.15) is 50.5 Å². The lowest BCUT2D eigenvalue weighted by molar-refractivity contribution is -0.452. The molecule has 0 saturated carbocycles. The molecule has 0 aromatic heterocycles. The molecule has 6 nitrogen and oxygen atoms in total. The lowest BCUT2D eigenvalue weighted by Gasteiger charge is -2.18. The van der Waals surface area contributed by atoms with Gasteiger partial charge >= 0.3 is 12.1 Å². The molecule has 0 radical (unpaired) electrons. The maximum Gasteiger partial charge on any atom is 0.543 e. The van der Waals surface area contributed by atoms with E-state index >= 15 is 0 Å². The Morgan fingerprint density at radius 1 is 1.05 bits per heavy atom. The van der Waals surface area contributed by atoms with Crippen molar-refractivity contribution in [2.75, 3.05) is 6.61 Å². The molecule has 22 heavy (non-hydrogen) atoms. The van der Waals surface area contributed by atoms with Gasteiger partial charge in [0, 0.05) is 0 Å². The van der Waals surface area contributed by atoms with E-state index in [2.05, 4.69) is 40.3 Å².